The molecule has 228 valence electrons. The molecule has 3 N–H and O–H groups in total. The van der Waals surface area contributed by atoms with E-state index in [1.807, 2.05) is 12.2 Å². The topological polar surface area (TPSA) is 172 Å². The van der Waals surface area contributed by atoms with Gasteiger partial charge in [-0.3, -0.25) is 14.4 Å². The second kappa shape index (κ2) is 12.2. The van der Waals surface area contributed by atoms with Crippen molar-refractivity contribution < 1.29 is 37.4 Å². The van der Waals surface area contributed by atoms with Crippen molar-refractivity contribution in [2.24, 2.45) is 10.9 Å². The van der Waals surface area contributed by atoms with Crippen LogP contribution in [0.5, 0.6) is 5.75 Å². The van der Waals surface area contributed by atoms with E-state index in [1.54, 1.807) is 20.8 Å². The summed E-state index contributed by atoms with van der Waals surface area (Å²) in [6.45, 7) is 5.36. The first kappa shape index (κ1) is 31.2. The molecule has 2 aliphatic heterocycles. The Morgan fingerprint density at radius 2 is 1.93 bits per heavy atom. The average molecular weight is 603 g/mol. The fourth-order valence-corrected chi connectivity index (χ4v) is 6.33. The molecular weight excluding hydrogens is 564 g/mol. The van der Waals surface area contributed by atoms with Gasteiger partial charge in [-0.05, 0) is 77.8 Å². The van der Waals surface area contributed by atoms with Crippen LogP contribution in [-0.2, 0) is 29.1 Å². The third kappa shape index (κ3) is 7.36. The fraction of sp³-hybridized carbons (Fsp3) is 0.552. The number of fused-ring (bicyclic) bond motifs is 2. The Morgan fingerprint density at radius 1 is 1.17 bits per heavy atom. The summed E-state index contributed by atoms with van der Waals surface area (Å²) >= 11 is 0. The minimum atomic E-state index is -4.34. The van der Waals surface area contributed by atoms with Crippen LogP contribution in [0, 0.1) is 5.92 Å². The number of aromatic hydroxyl groups is 1. The first-order valence-electron chi connectivity index (χ1n) is 14.2. The number of aliphatic imine (C=N–C) groups is 1. The van der Waals surface area contributed by atoms with Crippen LogP contribution in [0.2, 0.25) is 0 Å². The van der Waals surface area contributed by atoms with Crippen molar-refractivity contribution in [2.45, 2.75) is 94.2 Å². The highest BCUT2D eigenvalue weighted by Crippen LogP contribution is 2.45. The zero-order valence-electron chi connectivity index (χ0n) is 24.1. The lowest BCUT2D eigenvalue weighted by atomic mass is 10.1. The van der Waals surface area contributed by atoms with Gasteiger partial charge in [-0.25, -0.2) is 17.9 Å². The van der Waals surface area contributed by atoms with Gasteiger partial charge in [0.15, 0.2) is 0 Å². The monoisotopic (exact) mass is 602 g/mol. The maximum atomic E-state index is 13.6. The summed E-state index contributed by atoms with van der Waals surface area (Å²) < 4.78 is 33.2. The van der Waals surface area contributed by atoms with Gasteiger partial charge in [-0.1, -0.05) is 24.6 Å². The number of rotatable bonds is 3. The third-order valence-electron chi connectivity index (χ3n) is 7.46. The van der Waals surface area contributed by atoms with Crippen LogP contribution in [-0.4, -0.2) is 71.7 Å². The molecule has 2 fully saturated rings. The molecule has 0 unspecified atom stereocenters. The number of hydrogen-bond acceptors (Lipinski definition) is 8. The molecule has 1 aromatic rings. The Bertz CT molecular complexity index is 1410. The smallest absolute Gasteiger partial charge is 0.434 e. The van der Waals surface area contributed by atoms with Crippen molar-refractivity contribution in [2.75, 3.05) is 6.54 Å². The SMILES string of the molecule is CC(C)(C)OC(=O)N=C1CCCCC/C=C\[C@@H]2C[C@@]2(C(=O)NS(=O)(=O)c2cccc(O)c2)NC(=O)[C@@H]2CCCN2C1=O. The zero-order chi connectivity index (χ0) is 30.7. The average Bonchev–Trinajstić information content (AvgIpc) is 3.35. The van der Waals surface area contributed by atoms with Gasteiger partial charge < -0.3 is 20.1 Å². The summed E-state index contributed by atoms with van der Waals surface area (Å²) in [6, 6.07) is 3.98. The molecule has 1 saturated carbocycles. The lowest BCUT2D eigenvalue weighted by Crippen LogP contribution is -2.56. The molecule has 1 aromatic carbocycles. The van der Waals surface area contributed by atoms with Gasteiger partial charge in [-0.15, -0.1) is 0 Å². The predicted octanol–water partition coefficient (Wildman–Crippen LogP) is 2.96. The molecule has 0 aromatic heterocycles. The van der Waals surface area contributed by atoms with E-state index in [1.165, 1.54) is 23.1 Å². The molecule has 1 aliphatic carbocycles. The molecule has 0 spiro atoms. The molecule has 1 saturated heterocycles. The molecule has 4 amide bonds. The highest BCUT2D eigenvalue weighted by molar-refractivity contribution is 7.90. The molecule has 0 radical (unpaired) electrons. The standard InChI is InChI=1S/C29H38N4O8S/c1-28(2,3)41-27(38)30-22-14-8-6-4-5-7-11-19-18-29(19,31-24(35)23-15-10-16-33(23)25(22)36)26(37)32-42(39,40)21-13-9-12-20(34)17-21/h7,9,11-13,17,19,23,34H,4-6,8,10,14-16,18H2,1-3H3,(H,31,35)(H,32,37)/b11-7-,30-22?/t19-,23+,29-/m1/s1. The Balaban J connectivity index is 1.60. The van der Waals surface area contributed by atoms with Crippen LogP contribution < -0.4 is 10.0 Å². The first-order valence-corrected chi connectivity index (χ1v) is 15.7. The van der Waals surface area contributed by atoms with Crippen LogP contribution in [0.25, 0.3) is 0 Å². The molecule has 3 atom stereocenters. The van der Waals surface area contributed by atoms with Gasteiger partial charge in [0.25, 0.3) is 21.8 Å². The number of nitrogens with one attached hydrogen (secondary N) is 2. The number of hydrogen-bond donors (Lipinski definition) is 3. The second-order valence-corrected chi connectivity index (χ2v) is 13.6. The van der Waals surface area contributed by atoms with E-state index in [0.717, 1.165) is 18.9 Å². The normalized spacial score (nSPS) is 27.1. The van der Waals surface area contributed by atoms with Crippen LogP contribution in [0.4, 0.5) is 4.79 Å². The van der Waals surface area contributed by atoms with E-state index in [4.69, 9.17) is 4.74 Å². The summed E-state index contributed by atoms with van der Waals surface area (Å²) in [5.74, 6) is -2.75. The number of nitrogens with zero attached hydrogens (tertiary/aromatic N) is 2. The number of benzene rings is 1. The van der Waals surface area contributed by atoms with Crippen molar-refractivity contribution in [1.82, 2.24) is 14.9 Å². The predicted molar refractivity (Wildman–Crippen MR) is 153 cm³/mol. The van der Waals surface area contributed by atoms with Crippen LogP contribution in [0.15, 0.2) is 46.3 Å². The van der Waals surface area contributed by atoms with E-state index in [0.29, 0.717) is 25.7 Å². The van der Waals surface area contributed by atoms with Crippen molar-refractivity contribution >= 4 is 39.5 Å². The van der Waals surface area contributed by atoms with Gasteiger partial charge in [0.05, 0.1) is 4.90 Å². The highest BCUT2D eigenvalue weighted by Gasteiger charge is 2.61. The Kier molecular flexibility index (Phi) is 9.09. The Labute approximate surface area is 245 Å². The maximum Gasteiger partial charge on any atom is 0.434 e. The van der Waals surface area contributed by atoms with E-state index in [2.05, 4.69) is 15.0 Å². The van der Waals surface area contributed by atoms with Crippen LogP contribution in [0.1, 0.15) is 72.1 Å². The Morgan fingerprint density at radius 3 is 2.64 bits per heavy atom. The van der Waals surface area contributed by atoms with Crippen LogP contribution >= 0.6 is 0 Å². The van der Waals surface area contributed by atoms with Crippen molar-refractivity contribution in [3.8, 4) is 5.75 Å². The van der Waals surface area contributed by atoms with Gasteiger partial charge in [0.2, 0.25) is 5.91 Å². The molecule has 42 heavy (non-hydrogen) atoms. The molecule has 13 heteroatoms. The van der Waals surface area contributed by atoms with E-state index in [-0.39, 0.29) is 35.7 Å². The van der Waals surface area contributed by atoms with E-state index >= 15 is 0 Å². The van der Waals surface area contributed by atoms with E-state index < -0.39 is 56.9 Å². The number of ether oxygens (including phenoxy) is 1. The summed E-state index contributed by atoms with van der Waals surface area (Å²) in [7, 11) is -4.34. The quantitative estimate of drug-likeness (QED) is 0.443. The number of carbonyl (C=O) groups is 4. The largest absolute Gasteiger partial charge is 0.508 e. The van der Waals surface area contributed by atoms with Gasteiger partial charge in [0, 0.05) is 18.5 Å². The minimum absolute atomic E-state index is 0.0170. The van der Waals surface area contributed by atoms with Crippen molar-refractivity contribution in [3.05, 3.63) is 36.4 Å². The van der Waals surface area contributed by atoms with Gasteiger partial charge in [0.1, 0.15) is 28.6 Å². The van der Waals surface area contributed by atoms with Crippen LogP contribution in [0.3, 0.4) is 0 Å². The summed E-state index contributed by atoms with van der Waals surface area (Å²) in [5, 5.41) is 12.5. The summed E-state index contributed by atoms with van der Waals surface area (Å²) in [6.07, 6.45) is 6.93. The first-order chi connectivity index (χ1) is 19.7. The molecule has 0 bridgehead atoms. The second-order valence-electron chi connectivity index (χ2n) is 11.9. The number of carbonyl (C=O) groups excluding carboxylic acids is 4. The lowest BCUT2D eigenvalue weighted by Gasteiger charge is -2.27. The number of sulfonamides is 1. The summed E-state index contributed by atoms with van der Waals surface area (Å²) in [5.41, 5.74) is -2.30. The van der Waals surface area contributed by atoms with E-state index in [9.17, 15) is 32.7 Å². The molecule has 12 nitrogen and oxygen atoms in total. The maximum absolute atomic E-state index is 13.6. The number of allylic oxidation sites excluding steroid dienone is 1. The zero-order valence-corrected chi connectivity index (χ0v) is 24.9. The van der Waals surface area contributed by atoms with Gasteiger partial charge in [-0.2, -0.15) is 4.99 Å². The minimum Gasteiger partial charge on any atom is -0.508 e. The molecule has 3 aliphatic rings. The fourth-order valence-electron chi connectivity index (χ4n) is 5.25. The number of phenolic OH excluding ortho intramolecular Hbond substituents is 1. The van der Waals surface area contributed by atoms with Crippen molar-refractivity contribution in [1.29, 1.82) is 0 Å². The molecule has 4 rings (SSSR count). The number of phenols is 1. The van der Waals surface area contributed by atoms with Gasteiger partial charge >= 0.3 is 6.09 Å². The third-order valence-corrected chi connectivity index (χ3v) is 8.79. The Hall–Kier alpha value is -3.74. The van der Waals surface area contributed by atoms with Crippen molar-refractivity contribution in [3.63, 3.8) is 0 Å². The highest BCUT2D eigenvalue weighted by atomic mass is 32.2. The number of amides is 4. The lowest BCUT2D eigenvalue weighted by molar-refractivity contribution is -0.136. The molecular formula is C29H38N4O8S. The summed E-state index contributed by atoms with van der Waals surface area (Å²) in [4.78, 5) is 58.2. The molecule has 2 heterocycles.